The third-order valence-corrected chi connectivity index (χ3v) is 3.23. The molecule has 0 N–H and O–H groups in total. The fraction of sp³-hybridized carbons (Fsp3) is 0. The molecule has 0 saturated carbocycles. The van der Waals surface area contributed by atoms with Gasteiger partial charge in [0.2, 0.25) is 0 Å². The van der Waals surface area contributed by atoms with Crippen LogP contribution in [0.25, 0.3) is 0 Å². The van der Waals surface area contributed by atoms with Crippen molar-refractivity contribution in [1.29, 1.82) is 0 Å². The third kappa shape index (κ3) is 3.36. The van der Waals surface area contributed by atoms with Crippen LogP contribution >= 0.6 is 38.5 Å². The van der Waals surface area contributed by atoms with Crippen molar-refractivity contribution in [2.45, 2.75) is 0 Å². The Balaban J connectivity index is 2.25. The molecule has 0 atom stereocenters. The van der Waals surface area contributed by atoms with Crippen LogP contribution in [0.5, 0.6) is 0 Å². The number of hydrogen-bond donors (Lipinski definition) is 0. The highest BCUT2D eigenvalue weighted by Crippen LogP contribution is 2.11. The van der Waals surface area contributed by atoms with Crippen LogP contribution in [0.15, 0.2) is 53.0 Å². The van der Waals surface area contributed by atoms with Gasteiger partial charge in [-0.25, -0.2) is 0 Å². The Morgan fingerprint density at radius 2 is 1.56 bits per heavy atom. The Bertz CT molecular complexity index is 547. The summed E-state index contributed by atoms with van der Waals surface area (Å²) in [5.41, 5.74) is 2.06. The molecule has 78 valence electrons. The van der Waals surface area contributed by atoms with Crippen LogP contribution in [-0.2, 0) is 0 Å². The maximum Gasteiger partial charge on any atom is 0.0260 e. The summed E-state index contributed by atoms with van der Waals surface area (Å²) in [6.45, 7) is 0. The van der Waals surface area contributed by atoms with Gasteiger partial charge in [-0.05, 0) is 65.1 Å². The summed E-state index contributed by atoms with van der Waals surface area (Å²) in [6.07, 6.45) is 0. The molecule has 0 aromatic heterocycles. The van der Waals surface area contributed by atoms with E-state index < -0.39 is 0 Å². The number of rotatable bonds is 0. The molecule has 0 unspecified atom stereocenters. The second-order valence-corrected chi connectivity index (χ2v) is 5.43. The second kappa shape index (κ2) is 5.51. The zero-order chi connectivity index (χ0) is 11.4. The highest BCUT2D eigenvalue weighted by atomic mass is 127. The predicted octanol–water partition coefficient (Wildman–Crippen LogP) is 4.45. The molecule has 0 radical (unpaired) electrons. The molecule has 0 aliphatic heterocycles. The molecule has 2 aromatic carbocycles. The topological polar surface area (TPSA) is 0 Å². The lowest BCUT2D eigenvalue weighted by Crippen LogP contribution is -1.76. The fourth-order valence-electron chi connectivity index (χ4n) is 1.24. The van der Waals surface area contributed by atoms with Gasteiger partial charge >= 0.3 is 0 Å². The molecule has 0 saturated heterocycles. The molecule has 0 fully saturated rings. The van der Waals surface area contributed by atoms with Crippen molar-refractivity contribution in [3.05, 3.63) is 67.7 Å². The first-order chi connectivity index (χ1) is 7.74. The van der Waals surface area contributed by atoms with E-state index in [-0.39, 0.29) is 0 Å². The van der Waals surface area contributed by atoms with Gasteiger partial charge in [-0.15, -0.1) is 0 Å². The van der Waals surface area contributed by atoms with Crippen molar-refractivity contribution in [3.8, 4) is 11.8 Å². The van der Waals surface area contributed by atoms with Crippen LogP contribution in [0.2, 0.25) is 0 Å². The lowest BCUT2D eigenvalue weighted by molar-refractivity contribution is 1.58. The molecular weight excluding hydrogens is 375 g/mol. The van der Waals surface area contributed by atoms with E-state index in [9.17, 15) is 0 Å². The first-order valence-electron chi connectivity index (χ1n) is 4.77. The lowest BCUT2D eigenvalue weighted by Gasteiger charge is -1.92. The van der Waals surface area contributed by atoms with Gasteiger partial charge in [-0.2, -0.15) is 0 Å². The Labute approximate surface area is 117 Å². The predicted molar refractivity (Wildman–Crippen MR) is 79.3 cm³/mol. The van der Waals surface area contributed by atoms with Gasteiger partial charge in [0.15, 0.2) is 0 Å². The van der Waals surface area contributed by atoms with Crippen molar-refractivity contribution in [3.63, 3.8) is 0 Å². The summed E-state index contributed by atoms with van der Waals surface area (Å²) in [6, 6.07) is 16.2. The highest BCUT2D eigenvalue weighted by molar-refractivity contribution is 14.1. The van der Waals surface area contributed by atoms with Crippen LogP contribution in [0.4, 0.5) is 0 Å². The van der Waals surface area contributed by atoms with Crippen LogP contribution in [-0.4, -0.2) is 0 Å². The summed E-state index contributed by atoms with van der Waals surface area (Å²) in [7, 11) is 0. The van der Waals surface area contributed by atoms with Crippen molar-refractivity contribution >= 4 is 38.5 Å². The molecule has 0 bridgehead atoms. The standard InChI is InChI=1S/C14H8BrI/c15-13-3-1-2-12(10-13)5-4-11-6-8-14(16)9-7-11/h1-3,6-10H. The molecule has 0 heterocycles. The van der Waals surface area contributed by atoms with Gasteiger partial charge < -0.3 is 0 Å². The van der Waals surface area contributed by atoms with Crippen molar-refractivity contribution < 1.29 is 0 Å². The van der Waals surface area contributed by atoms with Gasteiger partial charge in [0.25, 0.3) is 0 Å². The molecule has 0 amide bonds. The Morgan fingerprint density at radius 1 is 0.875 bits per heavy atom. The Hall–Kier alpha value is -0.790. The van der Waals surface area contributed by atoms with E-state index in [1.807, 2.05) is 36.4 Å². The molecule has 0 nitrogen and oxygen atoms in total. The van der Waals surface area contributed by atoms with E-state index in [2.05, 4.69) is 62.5 Å². The molecule has 2 rings (SSSR count). The molecule has 0 aliphatic carbocycles. The average molecular weight is 383 g/mol. The van der Waals surface area contributed by atoms with E-state index in [4.69, 9.17) is 0 Å². The number of benzene rings is 2. The molecule has 0 aliphatic rings. The van der Waals surface area contributed by atoms with Gasteiger partial charge in [-0.3, -0.25) is 0 Å². The minimum absolute atomic E-state index is 1.02. The van der Waals surface area contributed by atoms with E-state index in [1.54, 1.807) is 0 Å². The average Bonchev–Trinajstić information content (AvgIpc) is 2.28. The van der Waals surface area contributed by atoms with E-state index in [1.165, 1.54) is 3.57 Å². The van der Waals surface area contributed by atoms with E-state index >= 15 is 0 Å². The van der Waals surface area contributed by atoms with Crippen LogP contribution in [0.1, 0.15) is 11.1 Å². The normalized spacial score (nSPS) is 9.38. The third-order valence-electron chi connectivity index (χ3n) is 2.02. The van der Waals surface area contributed by atoms with Crippen molar-refractivity contribution in [1.82, 2.24) is 0 Å². The van der Waals surface area contributed by atoms with Crippen molar-refractivity contribution in [2.24, 2.45) is 0 Å². The Morgan fingerprint density at radius 3 is 2.25 bits per heavy atom. The zero-order valence-corrected chi connectivity index (χ0v) is 12.1. The maximum atomic E-state index is 3.43. The quantitative estimate of drug-likeness (QED) is 0.466. The first kappa shape index (κ1) is 11.7. The summed E-state index contributed by atoms with van der Waals surface area (Å²) >= 11 is 5.72. The van der Waals surface area contributed by atoms with Crippen LogP contribution < -0.4 is 0 Å². The summed E-state index contributed by atoms with van der Waals surface area (Å²) in [5, 5.41) is 0. The molecular formula is C14H8BrI. The van der Waals surface area contributed by atoms with E-state index in [0.29, 0.717) is 0 Å². The zero-order valence-electron chi connectivity index (χ0n) is 8.37. The first-order valence-corrected chi connectivity index (χ1v) is 6.64. The van der Waals surface area contributed by atoms with E-state index in [0.717, 1.165) is 15.6 Å². The van der Waals surface area contributed by atoms with Gasteiger partial charge in [0.05, 0.1) is 0 Å². The van der Waals surface area contributed by atoms with Gasteiger partial charge in [0.1, 0.15) is 0 Å². The monoisotopic (exact) mass is 382 g/mol. The maximum absolute atomic E-state index is 3.43. The lowest BCUT2D eigenvalue weighted by atomic mass is 10.2. The van der Waals surface area contributed by atoms with Crippen LogP contribution in [0.3, 0.4) is 0 Å². The molecule has 2 aromatic rings. The van der Waals surface area contributed by atoms with Crippen molar-refractivity contribution in [2.75, 3.05) is 0 Å². The largest absolute Gasteiger partial charge is 0.0617 e. The minimum atomic E-state index is 1.02. The van der Waals surface area contributed by atoms with Gasteiger partial charge in [-0.1, -0.05) is 33.8 Å². The molecule has 2 heteroatoms. The summed E-state index contributed by atoms with van der Waals surface area (Å²) < 4.78 is 2.28. The smallest absolute Gasteiger partial charge is 0.0260 e. The highest BCUT2D eigenvalue weighted by Gasteiger charge is 1.89. The Kier molecular flexibility index (Phi) is 4.03. The number of hydrogen-bond acceptors (Lipinski definition) is 0. The molecule has 0 spiro atoms. The van der Waals surface area contributed by atoms with Gasteiger partial charge in [0, 0.05) is 19.2 Å². The SMILES string of the molecule is Brc1cccc(C#Cc2ccc(I)cc2)c1. The summed E-state index contributed by atoms with van der Waals surface area (Å²) in [5.74, 6) is 6.28. The summed E-state index contributed by atoms with van der Waals surface area (Å²) in [4.78, 5) is 0. The van der Waals surface area contributed by atoms with Crippen LogP contribution in [0, 0.1) is 15.4 Å². The minimum Gasteiger partial charge on any atom is -0.0617 e. The molecule has 16 heavy (non-hydrogen) atoms. The number of halogens is 2. The second-order valence-electron chi connectivity index (χ2n) is 3.27. The fourth-order valence-corrected chi connectivity index (χ4v) is 2.00.